The number of imide groups is 1. The van der Waals surface area contributed by atoms with E-state index >= 15 is 0 Å². The maximum Gasteiger partial charge on any atom is 0.416 e. The highest BCUT2D eigenvalue weighted by Crippen LogP contribution is 2.34. The number of hydrogen-bond acceptors (Lipinski definition) is 5. The van der Waals surface area contributed by atoms with Crippen molar-refractivity contribution in [2.24, 2.45) is 0 Å². The third kappa shape index (κ3) is 5.10. The average Bonchev–Trinajstić information content (AvgIpc) is 3.02. The lowest BCUT2D eigenvalue weighted by Crippen LogP contribution is -2.50. The van der Waals surface area contributed by atoms with E-state index in [4.69, 9.17) is 11.6 Å². The van der Waals surface area contributed by atoms with Crippen molar-refractivity contribution in [1.82, 2.24) is 19.8 Å². The quantitative estimate of drug-likeness (QED) is 0.611. The molecule has 170 valence electrons. The van der Waals surface area contributed by atoms with Crippen molar-refractivity contribution in [2.75, 3.05) is 26.2 Å². The molecule has 2 heterocycles. The van der Waals surface area contributed by atoms with E-state index in [1.165, 1.54) is 4.90 Å². The number of sulfonamides is 1. The molecule has 0 radical (unpaired) electrons. The number of piperazine rings is 1. The summed E-state index contributed by atoms with van der Waals surface area (Å²) >= 11 is 5.85. The normalized spacial score (nSPS) is 20.5. The van der Waals surface area contributed by atoms with E-state index in [1.54, 1.807) is 0 Å². The molecule has 0 saturated carbocycles. The van der Waals surface area contributed by atoms with Crippen LogP contribution in [0.15, 0.2) is 23.1 Å². The number of hydrogen-bond donors (Lipinski definition) is 2. The Morgan fingerprint density at radius 1 is 1.16 bits per heavy atom. The molecule has 3 rings (SSSR count). The van der Waals surface area contributed by atoms with Gasteiger partial charge in [-0.15, -0.1) is 0 Å². The fourth-order valence-corrected chi connectivity index (χ4v) is 5.20. The minimum absolute atomic E-state index is 0.0257. The van der Waals surface area contributed by atoms with Gasteiger partial charge in [0.05, 0.1) is 10.6 Å². The molecule has 0 unspecified atom stereocenters. The van der Waals surface area contributed by atoms with Crippen molar-refractivity contribution in [3.05, 3.63) is 28.8 Å². The van der Waals surface area contributed by atoms with Gasteiger partial charge in [0.1, 0.15) is 10.9 Å². The first kappa shape index (κ1) is 23.3. The molecule has 2 fully saturated rings. The molecule has 2 aliphatic rings. The summed E-state index contributed by atoms with van der Waals surface area (Å²) in [6, 6.07) is 0.645. The average molecular weight is 483 g/mol. The molecule has 2 saturated heterocycles. The topological polar surface area (TPSA) is 116 Å². The van der Waals surface area contributed by atoms with E-state index in [1.807, 2.05) is 0 Å². The molecular weight excluding hydrogens is 465 g/mol. The van der Waals surface area contributed by atoms with Crippen molar-refractivity contribution < 1.29 is 36.0 Å². The van der Waals surface area contributed by atoms with Crippen LogP contribution in [0.4, 0.5) is 18.0 Å². The summed E-state index contributed by atoms with van der Waals surface area (Å²) < 4.78 is 65.5. The van der Waals surface area contributed by atoms with Crippen LogP contribution in [-0.2, 0) is 25.8 Å². The van der Waals surface area contributed by atoms with Crippen molar-refractivity contribution in [3.63, 3.8) is 0 Å². The van der Waals surface area contributed by atoms with Gasteiger partial charge in [-0.25, -0.2) is 13.2 Å². The van der Waals surface area contributed by atoms with Crippen LogP contribution in [-0.4, -0.2) is 67.7 Å². The molecule has 1 atom stereocenters. The highest BCUT2D eigenvalue weighted by Gasteiger charge is 2.36. The predicted octanol–water partition coefficient (Wildman–Crippen LogP) is 1.18. The summed E-state index contributed by atoms with van der Waals surface area (Å²) in [6.07, 6.45) is -4.67. The summed E-state index contributed by atoms with van der Waals surface area (Å²) in [7, 11) is -4.30. The van der Waals surface area contributed by atoms with Gasteiger partial charge < -0.3 is 10.2 Å². The lowest BCUT2D eigenvalue weighted by molar-refractivity contribution is -0.138. The van der Waals surface area contributed by atoms with Crippen LogP contribution in [0.2, 0.25) is 5.02 Å². The van der Waals surface area contributed by atoms with Gasteiger partial charge in [0.25, 0.3) is 5.91 Å². The fourth-order valence-electron chi connectivity index (χ4n) is 3.28. The minimum Gasteiger partial charge on any atom is -0.340 e. The summed E-state index contributed by atoms with van der Waals surface area (Å²) in [5.74, 6) is -0.852. The van der Waals surface area contributed by atoms with Crippen LogP contribution in [0.25, 0.3) is 0 Å². The van der Waals surface area contributed by atoms with Gasteiger partial charge in [0.15, 0.2) is 0 Å². The number of nitrogens with one attached hydrogen (secondary N) is 2. The lowest BCUT2D eigenvalue weighted by Gasteiger charge is -2.34. The van der Waals surface area contributed by atoms with E-state index in [-0.39, 0.29) is 50.0 Å². The van der Waals surface area contributed by atoms with Crippen LogP contribution >= 0.6 is 11.6 Å². The summed E-state index contributed by atoms with van der Waals surface area (Å²) in [5, 5.41) is 4.10. The number of carbonyl (C=O) groups excluding carboxylic acids is 3. The third-order valence-electron chi connectivity index (χ3n) is 4.97. The van der Waals surface area contributed by atoms with Gasteiger partial charge in [0, 0.05) is 32.6 Å². The molecule has 0 aromatic heterocycles. The number of amides is 4. The summed E-state index contributed by atoms with van der Waals surface area (Å²) in [6.45, 7) is -0.196. The largest absolute Gasteiger partial charge is 0.416 e. The van der Waals surface area contributed by atoms with Gasteiger partial charge in [-0.3, -0.25) is 14.9 Å². The van der Waals surface area contributed by atoms with E-state index in [9.17, 15) is 36.0 Å². The summed E-state index contributed by atoms with van der Waals surface area (Å²) in [5.41, 5.74) is -1.13. The first-order chi connectivity index (χ1) is 14.4. The van der Waals surface area contributed by atoms with Crippen LogP contribution in [0.1, 0.15) is 18.4 Å². The number of benzene rings is 1. The number of urea groups is 1. The number of alkyl halides is 3. The van der Waals surface area contributed by atoms with E-state index in [0.29, 0.717) is 12.1 Å². The Kier molecular flexibility index (Phi) is 6.48. The van der Waals surface area contributed by atoms with Crippen LogP contribution < -0.4 is 10.6 Å². The second-order valence-electron chi connectivity index (χ2n) is 6.98. The zero-order valence-corrected chi connectivity index (χ0v) is 17.5. The molecule has 0 bridgehead atoms. The molecular formula is C17H18ClF3N4O5S. The maximum absolute atomic E-state index is 13.0. The molecule has 31 heavy (non-hydrogen) atoms. The molecule has 14 heteroatoms. The molecule has 2 aliphatic heterocycles. The Bertz CT molecular complexity index is 1010. The highest BCUT2D eigenvalue weighted by atomic mass is 35.5. The lowest BCUT2D eigenvalue weighted by atomic mass is 10.1. The Labute approximate surface area is 180 Å². The van der Waals surface area contributed by atoms with Crippen molar-refractivity contribution in [2.45, 2.75) is 30.0 Å². The fraction of sp³-hybridized carbons (Fsp3) is 0.471. The molecule has 1 aromatic carbocycles. The van der Waals surface area contributed by atoms with Crippen molar-refractivity contribution >= 4 is 39.5 Å². The zero-order chi connectivity index (χ0) is 23.0. The van der Waals surface area contributed by atoms with Crippen molar-refractivity contribution in [1.29, 1.82) is 0 Å². The third-order valence-corrected chi connectivity index (χ3v) is 7.35. The Balaban J connectivity index is 1.62. The van der Waals surface area contributed by atoms with Gasteiger partial charge in [-0.1, -0.05) is 11.6 Å². The number of rotatable bonds is 5. The zero-order valence-electron chi connectivity index (χ0n) is 15.9. The standard InChI is InChI=1S/C17H18ClF3N4O5S/c18-11-2-1-10(17(19,20)21)9-13(11)31(29,30)25-7-5-24(6-8-25)14(26)4-3-12-15(27)23-16(28)22-12/h1-2,9,12H,3-8H2,(H2,22,23,27,28)/t12-/m0/s1. The second-order valence-corrected chi connectivity index (χ2v) is 9.30. The SMILES string of the molecule is O=C1NC(=O)[C@H](CCC(=O)N2CCN(S(=O)(=O)c3cc(C(F)(F)F)ccc3Cl)CC2)N1. The van der Waals surface area contributed by atoms with E-state index < -0.39 is 44.6 Å². The van der Waals surface area contributed by atoms with Crippen LogP contribution in [0.5, 0.6) is 0 Å². The molecule has 0 aliphatic carbocycles. The van der Waals surface area contributed by atoms with Gasteiger partial charge in [-0.05, 0) is 24.6 Å². The maximum atomic E-state index is 13.0. The predicted molar refractivity (Wildman–Crippen MR) is 101 cm³/mol. The van der Waals surface area contributed by atoms with Gasteiger partial charge >= 0.3 is 12.2 Å². The van der Waals surface area contributed by atoms with Crippen LogP contribution in [0.3, 0.4) is 0 Å². The van der Waals surface area contributed by atoms with Gasteiger partial charge in [0.2, 0.25) is 15.9 Å². The van der Waals surface area contributed by atoms with E-state index in [0.717, 1.165) is 10.4 Å². The molecule has 9 nitrogen and oxygen atoms in total. The van der Waals surface area contributed by atoms with Crippen molar-refractivity contribution in [3.8, 4) is 0 Å². The first-order valence-corrected chi connectivity index (χ1v) is 11.0. The molecule has 0 spiro atoms. The van der Waals surface area contributed by atoms with Crippen LogP contribution in [0, 0.1) is 0 Å². The smallest absolute Gasteiger partial charge is 0.340 e. The molecule has 4 amide bonds. The molecule has 2 N–H and O–H groups in total. The number of halogens is 4. The Hall–Kier alpha value is -2.38. The van der Waals surface area contributed by atoms with Gasteiger partial charge in [-0.2, -0.15) is 17.5 Å². The highest BCUT2D eigenvalue weighted by molar-refractivity contribution is 7.89. The van der Waals surface area contributed by atoms with E-state index in [2.05, 4.69) is 10.6 Å². The Morgan fingerprint density at radius 2 is 1.81 bits per heavy atom. The first-order valence-electron chi connectivity index (χ1n) is 9.15. The number of carbonyl (C=O) groups is 3. The second kappa shape index (κ2) is 8.63. The minimum atomic E-state index is -4.73. The monoisotopic (exact) mass is 482 g/mol. The number of nitrogens with zero attached hydrogens (tertiary/aromatic N) is 2. The Morgan fingerprint density at radius 3 is 2.35 bits per heavy atom. The molecule has 1 aromatic rings. The summed E-state index contributed by atoms with van der Waals surface area (Å²) in [4.78, 5) is 35.7.